The molecule has 0 radical (unpaired) electrons. The van der Waals surface area contributed by atoms with Crippen LogP contribution in [0.25, 0.3) is 4.96 Å². The van der Waals surface area contributed by atoms with Gasteiger partial charge in [-0.2, -0.15) is 9.61 Å². The number of aromatic nitrogens is 3. The monoisotopic (exact) mass is 384 g/mol. The normalized spacial score (nSPS) is 17.0. The van der Waals surface area contributed by atoms with Gasteiger partial charge in [-0.15, -0.1) is 0 Å². The van der Waals surface area contributed by atoms with E-state index in [1.807, 2.05) is 32.0 Å². The average molecular weight is 384 g/mol. The van der Waals surface area contributed by atoms with Crippen LogP contribution >= 0.6 is 11.3 Å². The first-order valence-electron chi connectivity index (χ1n) is 8.97. The number of carbonyl (C=O) groups excluding carboxylic acids is 1. The number of hydrogen-bond acceptors (Lipinski definition) is 6. The van der Waals surface area contributed by atoms with Gasteiger partial charge in [0, 0.05) is 12.6 Å². The topological polar surface area (TPSA) is 76.8 Å². The van der Waals surface area contributed by atoms with Crippen molar-refractivity contribution >= 4 is 22.4 Å². The van der Waals surface area contributed by atoms with Crippen LogP contribution < -0.4 is 10.3 Å². The molecule has 1 saturated heterocycles. The molecule has 3 heterocycles. The Morgan fingerprint density at radius 1 is 1.30 bits per heavy atom. The Morgan fingerprint density at radius 3 is 2.81 bits per heavy atom. The molecule has 1 unspecified atom stereocenters. The Labute approximate surface area is 160 Å². The van der Waals surface area contributed by atoms with E-state index in [0.29, 0.717) is 22.3 Å². The number of amides is 1. The quantitative estimate of drug-likeness (QED) is 0.689. The molecule has 1 fully saturated rings. The molecule has 2 aromatic heterocycles. The third-order valence-electron chi connectivity index (χ3n) is 4.59. The van der Waals surface area contributed by atoms with Crippen molar-refractivity contribution in [1.82, 2.24) is 19.5 Å². The molecule has 0 aliphatic carbocycles. The minimum absolute atomic E-state index is 0.164. The maximum absolute atomic E-state index is 12.6. The van der Waals surface area contributed by atoms with Crippen molar-refractivity contribution in [3.8, 4) is 5.75 Å². The summed E-state index contributed by atoms with van der Waals surface area (Å²) in [7, 11) is 0. The third kappa shape index (κ3) is 3.44. The van der Waals surface area contributed by atoms with Crippen LogP contribution in [0.2, 0.25) is 0 Å². The van der Waals surface area contributed by atoms with Gasteiger partial charge in [-0.1, -0.05) is 43.4 Å². The van der Waals surface area contributed by atoms with Crippen LogP contribution in [-0.4, -0.2) is 32.1 Å². The number of rotatable bonds is 3. The lowest BCUT2D eigenvalue weighted by atomic mass is 10.1. The van der Waals surface area contributed by atoms with Gasteiger partial charge in [0.05, 0.1) is 11.7 Å². The van der Waals surface area contributed by atoms with Crippen LogP contribution in [0, 0.1) is 0 Å². The number of nitrogens with zero attached hydrogens (tertiary/aromatic N) is 4. The summed E-state index contributed by atoms with van der Waals surface area (Å²) in [5, 5.41) is 5.16. The minimum Gasteiger partial charge on any atom is -0.410 e. The molecule has 1 aromatic carbocycles. The molecular weight excluding hydrogens is 364 g/mol. The highest BCUT2D eigenvalue weighted by Gasteiger charge is 2.34. The lowest BCUT2D eigenvalue weighted by molar-refractivity contribution is 0.147. The first kappa shape index (κ1) is 17.7. The van der Waals surface area contributed by atoms with Crippen molar-refractivity contribution in [2.24, 2.45) is 0 Å². The Morgan fingerprint density at radius 2 is 2.07 bits per heavy atom. The smallest absolute Gasteiger partial charge is 0.410 e. The molecule has 1 aliphatic heterocycles. The first-order chi connectivity index (χ1) is 13.0. The number of likely N-dealkylation sites (tertiary alicyclic amines) is 1. The molecule has 1 aliphatic rings. The molecule has 1 atom stereocenters. The van der Waals surface area contributed by atoms with Gasteiger partial charge in [0.25, 0.3) is 5.56 Å². The van der Waals surface area contributed by atoms with Gasteiger partial charge in [0.2, 0.25) is 4.96 Å². The predicted octanol–water partition coefficient (Wildman–Crippen LogP) is 3.61. The highest BCUT2D eigenvalue weighted by atomic mass is 32.1. The van der Waals surface area contributed by atoms with Crippen LogP contribution in [0.4, 0.5) is 4.79 Å². The molecule has 0 saturated carbocycles. The zero-order valence-corrected chi connectivity index (χ0v) is 16.0. The van der Waals surface area contributed by atoms with Crippen LogP contribution in [0.5, 0.6) is 5.75 Å². The fourth-order valence-electron chi connectivity index (χ4n) is 3.16. The lowest BCUT2D eigenvalue weighted by Gasteiger charge is -2.21. The molecule has 0 bridgehead atoms. The van der Waals surface area contributed by atoms with Crippen molar-refractivity contribution in [3.05, 3.63) is 57.5 Å². The second-order valence-corrected chi connectivity index (χ2v) is 7.83. The van der Waals surface area contributed by atoms with Gasteiger partial charge < -0.3 is 4.74 Å². The van der Waals surface area contributed by atoms with Crippen LogP contribution in [0.15, 0.2) is 41.2 Å². The van der Waals surface area contributed by atoms with Crippen molar-refractivity contribution < 1.29 is 9.53 Å². The second-order valence-electron chi connectivity index (χ2n) is 6.84. The lowest BCUT2D eigenvalue weighted by Crippen LogP contribution is -2.33. The summed E-state index contributed by atoms with van der Waals surface area (Å²) in [4.78, 5) is 31.8. The van der Waals surface area contributed by atoms with Crippen LogP contribution in [0.1, 0.15) is 49.4 Å². The predicted molar refractivity (Wildman–Crippen MR) is 102 cm³/mol. The average Bonchev–Trinajstić information content (AvgIpc) is 3.29. The number of carbonyl (C=O) groups is 1. The van der Waals surface area contributed by atoms with Crippen LogP contribution in [0.3, 0.4) is 0 Å². The number of ether oxygens (including phenoxy) is 1. The molecular formula is C19H20N4O3S. The van der Waals surface area contributed by atoms with E-state index in [1.54, 1.807) is 17.0 Å². The Kier molecular flexibility index (Phi) is 4.65. The van der Waals surface area contributed by atoms with Crippen molar-refractivity contribution in [1.29, 1.82) is 0 Å². The van der Waals surface area contributed by atoms with E-state index in [1.165, 1.54) is 21.9 Å². The Balaban J connectivity index is 1.62. The molecule has 3 aromatic rings. The van der Waals surface area contributed by atoms with E-state index in [-0.39, 0.29) is 17.5 Å². The second kappa shape index (κ2) is 7.11. The van der Waals surface area contributed by atoms with E-state index in [4.69, 9.17) is 4.74 Å². The SMILES string of the molecule is CC(C)c1cc(=O)n2nc(C3CCCN3C(=O)Oc3ccccc3)sc2n1. The molecule has 4 rings (SSSR count). The summed E-state index contributed by atoms with van der Waals surface area (Å²) < 4.78 is 6.80. The van der Waals surface area contributed by atoms with Gasteiger partial charge >= 0.3 is 6.09 Å². The van der Waals surface area contributed by atoms with Gasteiger partial charge in [-0.25, -0.2) is 9.78 Å². The van der Waals surface area contributed by atoms with Crippen molar-refractivity contribution in [3.63, 3.8) is 0 Å². The fourth-order valence-corrected chi connectivity index (χ4v) is 4.22. The third-order valence-corrected chi connectivity index (χ3v) is 5.60. The maximum atomic E-state index is 12.6. The molecule has 8 heteroatoms. The van der Waals surface area contributed by atoms with E-state index in [9.17, 15) is 9.59 Å². The molecule has 140 valence electrons. The summed E-state index contributed by atoms with van der Waals surface area (Å²) in [6.07, 6.45) is 1.26. The number of benzene rings is 1. The zero-order chi connectivity index (χ0) is 19.0. The van der Waals surface area contributed by atoms with Gasteiger partial charge in [-0.05, 0) is 30.9 Å². The summed E-state index contributed by atoms with van der Waals surface area (Å²) in [5.41, 5.74) is 0.560. The number of para-hydroxylation sites is 1. The van der Waals surface area contributed by atoms with E-state index >= 15 is 0 Å². The standard InChI is InChI=1S/C19H20N4O3S/c1-12(2)14-11-16(24)23-18(20-14)27-17(21-23)15-9-6-10-22(15)19(25)26-13-7-4-3-5-8-13/h3-5,7-8,11-12,15H,6,9-10H2,1-2H3. The van der Waals surface area contributed by atoms with Gasteiger partial charge in [0.15, 0.2) is 0 Å². The van der Waals surface area contributed by atoms with Crippen molar-refractivity contribution in [2.75, 3.05) is 6.54 Å². The Bertz CT molecular complexity index is 1030. The van der Waals surface area contributed by atoms with Crippen LogP contribution in [-0.2, 0) is 0 Å². The zero-order valence-electron chi connectivity index (χ0n) is 15.2. The maximum Gasteiger partial charge on any atom is 0.415 e. The molecule has 1 amide bonds. The summed E-state index contributed by atoms with van der Waals surface area (Å²) in [6.45, 7) is 4.60. The molecule has 0 spiro atoms. The molecule has 7 nitrogen and oxygen atoms in total. The summed E-state index contributed by atoms with van der Waals surface area (Å²) in [5.74, 6) is 0.675. The highest BCUT2D eigenvalue weighted by molar-refractivity contribution is 7.16. The fraction of sp³-hybridized carbons (Fsp3) is 0.368. The van der Waals surface area contributed by atoms with E-state index < -0.39 is 6.09 Å². The molecule has 27 heavy (non-hydrogen) atoms. The molecule has 0 N–H and O–H groups in total. The first-order valence-corrected chi connectivity index (χ1v) is 9.79. The van der Waals surface area contributed by atoms with Crippen molar-refractivity contribution in [2.45, 2.75) is 38.6 Å². The largest absolute Gasteiger partial charge is 0.415 e. The van der Waals surface area contributed by atoms with E-state index in [2.05, 4.69) is 10.1 Å². The van der Waals surface area contributed by atoms with Gasteiger partial charge in [0.1, 0.15) is 10.8 Å². The highest BCUT2D eigenvalue weighted by Crippen LogP contribution is 2.34. The van der Waals surface area contributed by atoms with Gasteiger partial charge in [-0.3, -0.25) is 9.69 Å². The minimum atomic E-state index is -0.397. The number of hydrogen-bond donors (Lipinski definition) is 0. The Hall–Kier alpha value is -2.74. The number of fused-ring (bicyclic) bond motifs is 1. The summed E-state index contributed by atoms with van der Waals surface area (Å²) >= 11 is 1.36. The summed E-state index contributed by atoms with van der Waals surface area (Å²) in [6, 6.07) is 10.3. The van der Waals surface area contributed by atoms with E-state index in [0.717, 1.165) is 18.5 Å².